The maximum absolute atomic E-state index is 11.4. The number of hydrogen-bond acceptors (Lipinski definition) is 2. The Labute approximate surface area is 57.3 Å². The molecule has 0 radical (unpaired) electrons. The van der Waals surface area contributed by atoms with E-state index in [1.165, 1.54) is 0 Å². The third-order valence-corrected chi connectivity index (χ3v) is 0.757. The summed E-state index contributed by atoms with van der Waals surface area (Å²) in [6.07, 6.45) is -4.95. The average molecular weight is 157 g/mol. The van der Waals surface area contributed by atoms with Gasteiger partial charge in [-0.2, -0.15) is 13.2 Å². The van der Waals surface area contributed by atoms with Crippen molar-refractivity contribution < 1.29 is 18.0 Å². The Kier molecular flexibility index (Phi) is 4.38. The lowest BCUT2D eigenvalue weighted by Crippen LogP contribution is -2.21. The lowest BCUT2D eigenvalue weighted by atomic mass is 10.4. The van der Waals surface area contributed by atoms with Crippen LogP contribution < -0.4 is 5.48 Å². The third kappa shape index (κ3) is 7.71. The van der Waals surface area contributed by atoms with Crippen molar-refractivity contribution in [1.29, 1.82) is 0 Å². The zero-order valence-electron chi connectivity index (χ0n) is 5.66. The standard InChI is InChI=1S/C5H10F3NO/c1-2-10-9-4-3-5(6,7)8/h9H,2-4H2,1H3. The number of alkyl halides is 3. The van der Waals surface area contributed by atoms with Gasteiger partial charge < -0.3 is 4.84 Å². The van der Waals surface area contributed by atoms with Gasteiger partial charge in [0.25, 0.3) is 0 Å². The van der Waals surface area contributed by atoms with Crippen LogP contribution in [0.3, 0.4) is 0 Å². The number of hydrogen-bond donors (Lipinski definition) is 1. The number of halogens is 3. The molecule has 0 aromatic heterocycles. The van der Waals surface area contributed by atoms with E-state index in [4.69, 9.17) is 0 Å². The van der Waals surface area contributed by atoms with Crippen LogP contribution in [0.2, 0.25) is 0 Å². The van der Waals surface area contributed by atoms with Crippen LogP contribution in [-0.4, -0.2) is 19.3 Å². The van der Waals surface area contributed by atoms with E-state index < -0.39 is 12.6 Å². The summed E-state index contributed by atoms with van der Waals surface area (Å²) in [5, 5.41) is 0. The Morgan fingerprint density at radius 3 is 2.40 bits per heavy atom. The van der Waals surface area contributed by atoms with Crippen LogP contribution in [0, 0.1) is 0 Å². The quantitative estimate of drug-likeness (QED) is 0.493. The molecule has 5 heteroatoms. The SMILES string of the molecule is CCONCCC(F)(F)F. The van der Waals surface area contributed by atoms with Crippen molar-refractivity contribution in [1.82, 2.24) is 5.48 Å². The van der Waals surface area contributed by atoms with E-state index in [2.05, 4.69) is 10.3 Å². The second kappa shape index (κ2) is 4.51. The highest BCUT2D eigenvalue weighted by Gasteiger charge is 2.25. The summed E-state index contributed by atoms with van der Waals surface area (Å²) in [6.45, 7) is 1.88. The normalized spacial score (nSPS) is 12.0. The van der Waals surface area contributed by atoms with Gasteiger partial charge in [0, 0.05) is 6.54 Å². The van der Waals surface area contributed by atoms with Gasteiger partial charge in [0.15, 0.2) is 0 Å². The van der Waals surface area contributed by atoms with Gasteiger partial charge in [0.1, 0.15) is 0 Å². The number of rotatable bonds is 4. The zero-order chi connectivity index (χ0) is 8.04. The number of hydroxylamine groups is 1. The van der Waals surface area contributed by atoms with Crippen LogP contribution in [0.4, 0.5) is 13.2 Å². The first-order valence-electron chi connectivity index (χ1n) is 2.97. The molecule has 0 aromatic carbocycles. The summed E-state index contributed by atoms with van der Waals surface area (Å²) in [4.78, 5) is 4.48. The molecule has 0 fully saturated rings. The van der Waals surface area contributed by atoms with Crippen LogP contribution in [0.1, 0.15) is 13.3 Å². The van der Waals surface area contributed by atoms with Crippen molar-refractivity contribution in [3.63, 3.8) is 0 Å². The predicted molar refractivity (Wildman–Crippen MR) is 30.3 cm³/mol. The smallest absolute Gasteiger partial charge is 0.302 e. The summed E-state index contributed by atoms with van der Waals surface area (Å²) >= 11 is 0. The van der Waals surface area contributed by atoms with Crippen molar-refractivity contribution in [2.45, 2.75) is 19.5 Å². The molecule has 0 atom stereocenters. The Morgan fingerprint density at radius 1 is 1.40 bits per heavy atom. The highest BCUT2D eigenvalue weighted by Crippen LogP contribution is 2.17. The molecule has 2 nitrogen and oxygen atoms in total. The minimum atomic E-state index is -4.09. The van der Waals surface area contributed by atoms with Crippen LogP contribution in [0.5, 0.6) is 0 Å². The van der Waals surface area contributed by atoms with Crippen LogP contribution in [0.15, 0.2) is 0 Å². The Balaban J connectivity index is 3.04. The summed E-state index contributed by atoms with van der Waals surface area (Å²) in [5.41, 5.74) is 2.17. The monoisotopic (exact) mass is 157 g/mol. The Bertz CT molecular complexity index is 83.5. The molecule has 1 N–H and O–H groups in total. The molecular weight excluding hydrogens is 147 g/mol. The van der Waals surface area contributed by atoms with Crippen molar-refractivity contribution in [2.24, 2.45) is 0 Å². The lowest BCUT2D eigenvalue weighted by molar-refractivity contribution is -0.138. The summed E-state index contributed by atoms with van der Waals surface area (Å²) in [6, 6.07) is 0. The van der Waals surface area contributed by atoms with Gasteiger partial charge in [0.2, 0.25) is 0 Å². The van der Waals surface area contributed by atoms with Gasteiger partial charge in [-0.1, -0.05) is 0 Å². The molecule has 0 unspecified atom stereocenters. The molecule has 0 rings (SSSR count). The molecule has 0 aliphatic heterocycles. The van der Waals surface area contributed by atoms with Gasteiger partial charge >= 0.3 is 6.18 Å². The summed E-state index contributed by atoms with van der Waals surface area (Å²) in [7, 11) is 0. The minimum Gasteiger partial charge on any atom is -0.302 e. The minimum absolute atomic E-state index is 0.183. The predicted octanol–water partition coefficient (Wildman–Crippen LogP) is 1.48. The Morgan fingerprint density at radius 2 is 2.00 bits per heavy atom. The van der Waals surface area contributed by atoms with E-state index in [0.29, 0.717) is 6.61 Å². The van der Waals surface area contributed by atoms with Gasteiger partial charge in [-0.25, -0.2) is 5.48 Å². The maximum atomic E-state index is 11.4. The second-order valence-corrected chi connectivity index (χ2v) is 1.69. The highest BCUT2D eigenvalue weighted by molar-refractivity contribution is 4.49. The van der Waals surface area contributed by atoms with Gasteiger partial charge in [-0.15, -0.1) is 0 Å². The highest BCUT2D eigenvalue weighted by atomic mass is 19.4. The van der Waals surface area contributed by atoms with E-state index in [-0.39, 0.29) is 6.54 Å². The van der Waals surface area contributed by atoms with Crippen LogP contribution in [0.25, 0.3) is 0 Å². The van der Waals surface area contributed by atoms with Crippen LogP contribution in [-0.2, 0) is 4.84 Å². The maximum Gasteiger partial charge on any atom is 0.390 e. The fourth-order valence-corrected chi connectivity index (χ4v) is 0.367. The van der Waals surface area contributed by atoms with Gasteiger partial charge in [0.05, 0.1) is 13.0 Å². The van der Waals surface area contributed by atoms with E-state index >= 15 is 0 Å². The lowest BCUT2D eigenvalue weighted by Gasteiger charge is -2.05. The molecule has 0 bridgehead atoms. The summed E-state index contributed by atoms with van der Waals surface area (Å²) in [5.74, 6) is 0. The van der Waals surface area contributed by atoms with E-state index in [1.807, 2.05) is 0 Å². The van der Waals surface area contributed by atoms with Crippen molar-refractivity contribution in [3.05, 3.63) is 0 Å². The molecule has 0 saturated heterocycles. The molecule has 0 aliphatic carbocycles. The van der Waals surface area contributed by atoms with E-state index in [9.17, 15) is 13.2 Å². The largest absolute Gasteiger partial charge is 0.390 e. The first-order chi connectivity index (χ1) is 4.56. The van der Waals surface area contributed by atoms with E-state index in [1.54, 1.807) is 6.92 Å². The average Bonchev–Trinajstić information content (AvgIpc) is 1.78. The molecule has 0 aromatic rings. The van der Waals surface area contributed by atoms with Crippen LogP contribution >= 0.6 is 0 Å². The van der Waals surface area contributed by atoms with Crippen molar-refractivity contribution in [2.75, 3.05) is 13.2 Å². The van der Waals surface area contributed by atoms with Gasteiger partial charge in [-0.3, -0.25) is 0 Å². The molecule has 0 heterocycles. The first-order valence-corrected chi connectivity index (χ1v) is 2.97. The van der Waals surface area contributed by atoms with Crippen molar-refractivity contribution >= 4 is 0 Å². The molecule has 0 saturated carbocycles. The first kappa shape index (κ1) is 9.71. The summed E-state index contributed by atoms with van der Waals surface area (Å²) < 4.78 is 34.2. The van der Waals surface area contributed by atoms with E-state index in [0.717, 1.165) is 0 Å². The number of nitrogens with one attached hydrogen (secondary N) is 1. The molecule has 0 aliphatic rings. The van der Waals surface area contributed by atoms with Gasteiger partial charge in [-0.05, 0) is 6.92 Å². The van der Waals surface area contributed by atoms with Crippen molar-refractivity contribution in [3.8, 4) is 0 Å². The molecular formula is C5H10F3NO. The topological polar surface area (TPSA) is 21.3 Å². The fourth-order valence-electron chi connectivity index (χ4n) is 0.367. The molecule has 0 amide bonds. The molecule has 10 heavy (non-hydrogen) atoms. The second-order valence-electron chi connectivity index (χ2n) is 1.69. The molecule has 62 valence electrons. The zero-order valence-corrected chi connectivity index (χ0v) is 5.66. The molecule has 0 spiro atoms. The fraction of sp³-hybridized carbons (Fsp3) is 1.00. The Hall–Kier alpha value is -0.290. The third-order valence-electron chi connectivity index (χ3n) is 0.757.